The average molecular weight is 505 g/mol. The number of benzene rings is 2. The molecule has 188 valence electrons. The van der Waals surface area contributed by atoms with Crippen LogP contribution in [0.2, 0.25) is 0 Å². The Balaban J connectivity index is 1.22. The zero-order chi connectivity index (χ0) is 24.5. The molecular formula is C27H32N6O2S. The van der Waals surface area contributed by atoms with E-state index < -0.39 is 10.0 Å². The van der Waals surface area contributed by atoms with E-state index in [4.69, 9.17) is 0 Å². The van der Waals surface area contributed by atoms with E-state index in [1.807, 2.05) is 30.3 Å². The summed E-state index contributed by atoms with van der Waals surface area (Å²) in [5.74, 6) is 0. The number of hydrogen-bond donors (Lipinski definition) is 2. The number of rotatable bonds is 6. The van der Waals surface area contributed by atoms with Crippen LogP contribution in [0.15, 0.2) is 66.0 Å². The summed E-state index contributed by atoms with van der Waals surface area (Å²) < 4.78 is 29.2. The summed E-state index contributed by atoms with van der Waals surface area (Å²) in [6.45, 7) is 3.27. The number of H-pyrrole nitrogens is 1. The van der Waals surface area contributed by atoms with Gasteiger partial charge in [-0.15, -0.1) is 0 Å². The molecule has 2 aromatic heterocycles. The number of imidazole rings is 1. The van der Waals surface area contributed by atoms with E-state index in [2.05, 4.69) is 43.4 Å². The molecule has 4 heterocycles. The summed E-state index contributed by atoms with van der Waals surface area (Å²) in [5.41, 5.74) is 3.89. The number of aromatic amines is 1. The number of hydrogen-bond acceptors (Lipinski definition) is 6. The Hall–Kier alpha value is -3.01. The fourth-order valence-corrected chi connectivity index (χ4v) is 7.46. The summed E-state index contributed by atoms with van der Waals surface area (Å²) in [5, 5.41) is 4.64. The summed E-state index contributed by atoms with van der Waals surface area (Å²) in [6, 6.07) is 17.7. The van der Waals surface area contributed by atoms with Crippen LogP contribution in [0.3, 0.4) is 0 Å². The quantitative estimate of drug-likeness (QED) is 0.414. The number of piperazine rings is 1. The maximum atomic E-state index is 13.7. The Morgan fingerprint density at radius 3 is 2.78 bits per heavy atom. The lowest BCUT2D eigenvalue weighted by atomic mass is 9.96. The molecule has 8 nitrogen and oxygen atoms in total. The van der Waals surface area contributed by atoms with Crippen LogP contribution in [-0.4, -0.2) is 65.9 Å². The van der Waals surface area contributed by atoms with Gasteiger partial charge >= 0.3 is 0 Å². The molecule has 2 aromatic carbocycles. The second-order valence-corrected chi connectivity index (χ2v) is 11.6. The van der Waals surface area contributed by atoms with Crippen molar-refractivity contribution in [3.63, 3.8) is 0 Å². The van der Waals surface area contributed by atoms with Crippen molar-refractivity contribution < 1.29 is 8.42 Å². The second kappa shape index (κ2) is 9.80. The van der Waals surface area contributed by atoms with Crippen LogP contribution in [0.5, 0.6) is 0 Å². The minimum atomic E-state index is -3.66. The zero-order valence-corrected chi connectivity index (χ0v) is 21.1. The van der Waals surface area contributed by atoms with E-state index in [0.717, 1.165) is 73.8 Å². The first-order valence-corrected chi connectivity index (χ1v) is 14.3. The van der Waals surface area contributed by atoms with Gasteiger partial charge in [0.05, 0.1) is 23.0 Å². The van der Waals surface area contributed by atoms with Gasteiger partial charge in [0.2, 0.25) is 0 Å². The highest BCUT2D eigenvalue weighted by atomic mass is 32.2. The third-order valence-electron chi connectivity index (χ3n) is 7.64. The van der Waals surface area contributed by atoms with Gasteiger partial charge in [0.1, 0.15) is 5.52 Å². The van der Waals surface area contributed by atoms with Gasteiger partial charge in [0.15, 0.2) is 5.03 Å². The summed E-state index contributed by atoms with van der Waals surface area (Å²) >= 11 is 0. The van der Waals surface area contributed by atoms with Crippen LogP contribution in [0.1, 0.15) is 32.1 Å². The molecule has 0 aliphatic carbocycles. The van der Waals surface area contributed by atoms with E-state index in [-0.39, 0.29) is 17.1 Å². The van der Waals surface area contributed by atoms with Crippen LogP contribution >= 0.6 is 0 Å². The number of nitrogens with one attached hydrogen (secondary N) is 2. The van der Waals surface area contributed by atoms with Crippen LogP contribution in [0.25, 0.3) is 21.9 Å². The van der Waals surface area contributed by atoms with E-state index >= 15 is 0 Å². The van der Waals surface area contributed by atoms with Crippen molar-refractivity contribution in [2.45, 2.75) is 49.2 Å². The van der Waals surface area contributed by atoms with E-state index in [9.17, 15) is 8.42 Å². The van der Waals surface area contributed by atoms with E-state index in [1.165, 1.54) is 0 Å². The Bertz CT molecular complexity index is 1470. The first kappa shape index (κ1) is 23.4. The van der Waals surface area contributed by atoms with Gasteiger partial charge in [0.25, 0.3) is 10.0 Å². The molecule has 0 amide bonds. The zero-order valence-electron chi connectivity index (χ0n) is 20.3. The Morgan fingerprint density at radius 2 is 1.83 bits per heavy atom. The Kier molecular flexibility index (Phi) is 6.37. The Morgan fingerprint density at radius 1 is 0.944 bits per heavy atom. The first-order chi connectivity index (χ1) is 17.6. The molecule has 2 atom stereocenters. The number of pyridine rings is 1. The van der Waals surface area contributed by atoms with Crippen molar-refractivity contribution in [2.75, 3.05) is 31.1 Å². The summed E-state index contributed by atoms with van der Waals surface area (Å²) in [4.78, 5) is 14.8. The lowest BCUT2D eigenvalue weighted by molar-refractivity contribution is 0.230. The molecule has 0 bridgehead atoms. The van der Waals surface area contributed by atoms with Crippen molar-refractivity contribution in [1.29, 1.82) is 0 Å². The SMILES string of the molecule is O=S(=O)(c1ccc2ccccc2n1)N1CCCC[C@H]1CCC1CNCCN1c1cccc2[nH]cnc12. The Labute approximate surface area is 211 Å². The van der Waals surface area contributed by atoms with Gasteiger partial charge in [0, 0.05) is 43.6 Å². The third-order valence-corrected chi connectivity index (χ3v) is 9.49. The molecule has 0 spiro atoms. The largest absolute Gasteiger partial charge is 0.364 e. The van der Waals surface area contributed by atoms with Gasteiger partial charge in [-0.3, -0.25) is 0 Å². The number of para-hydroxylation sites is 2. The normalized spacial score (nSPS) is 21.8. The molecule has 0 saturated carbocycles. The number of fused-ring (bicyclic) bond motifs is 2. The van der Waals surface area contributed by atoms with E-state index in [0.29, 0.717) is 12.1 Å². The van der Waals surface area contributed by atoms with Crippen LogP contribution < -0.4 is 10.2 Å². The molecule has 2 saturated heterocycles. The fourth-order valence-electron chi connectivity index (χ4n) is 5.79. The smallest absolute Gasteiger partial charge is 0.260 e. The predicted octanol–water partition coefficient (Wildman–Crippen LogP) is 3.91. The second-order valence-electron chi connectivity index (χ2n) is 9.81. The highest BCUT2D eigenvalue weighted by molar-refractivity contribution is 7.89. The number of anilines is 1. The summed E-state index contributed by atoms with van der Waals surface area (Å²) in [7, 11) is -3.66. The molecule has 6 rings (SSSR count). The molecule has 4 aromatic rings. The first-order valence-electron chi connectivity index (χ1n) is 12.9. The standard InChI is InChI=1S/C27H32N6O2S/c34-36(35,26-14-11-20-6-1-2-8-23(20)31-26)33-16-4-3-7-21(33)12-13-22-18-28-15-17-32(22)25-10-5-9-24-27(25)30-19-29-24/h1-2,5-6,8-11,14,19,21-22,28H,3-4,7,12-13,15-18H2,(H,29,30)/t21-,22?/m0/s1. The molecule has 1 unspecified atom stereocenters. The molecule has 0 radical (unpaired) electrons. The minimum absolute atomic E-state index is 0.0121. The lowest BCUT2D eigenvalue weighted by Gasteiger charge is -2.40. The van der Waals surface area contributed by atoms with Gasteiger partial charge in [-0.25, -0.2) is 18.4 Å². The molecule has 2 N–H and O–H groups in total. The van der Waals surface area contributed by atoms with Gasteiger partial charge in [-0.1, -0.05) is 30.7 Å². The maximum Gasteiger partial charge on any atom is 0.260 e. The monoisotopic (exact) mass is 504 g/mol. The van der Waals surface area contributed by atoms with Gasteiger partial charge in [-0.2, -0.15) is 4.31 Å². The maximum absolute atomic E-state index is 13.7. The van der Waals surface area contributed by atoms with Crippen molar-refractivity contribution in [3.05, 3.63) is 60.9 Å². The fraction of sp³-hybridized carbons (Fsp3) is 0.407. The van der Waals surface area contributed by atoms with Crippen molar-refractivity contribution >= 4 is 37.6 Å². The minimum Gasteiger partial charge on any atom is -0.364 e. The van der Waals surface area contributed by atoms with Gasteiger partial charge < -0.3 is 15.2 Å². The number of aromatic nitrogens is 3. The average Bonchev–Trinajstić information content (AvgIpc) is 3.41. The van der Waals surface area contributed by atoms with E-state index in [1.54, 1.807) is 16.7 Å². The molecule has 9 heteroatoms. The molecule has 2 fully saturated rings. The molecule has 2 aliphatic heterocycles. The number of piperidine rings is 1. The molecular weight excluding hydrogens is 472 g/mol. The van der Waals surface area contributed by atoms with Crippen molar-refractivity contribution in [3.8, 4) is 0 Å². The topological polar surface area (TPSA) is 94.2 Å². The van der Waals surface area contributed by atoms with Crippen LogP contribution in [0, 0.1) is 0 Å². The third kappa shape index (κ3) is 4.36. The van der Waals surface area contributed by atoms with Crippen molar-refractivity contribution in [1.82, 2.24) is 24.6 Å². The van der Waals surface area contributed by atoms with Crippen LogP contribution in [0.4, 0.5) is 5.69 Å². The van der Waals surface area contributed by atoms with Crippen LogP contribution in [-0.2, 0) is 10.0 Å². The highest BCUT2D eigenvalue weighted by Crippen LogP contribution is 2.31. The van der Waals surface area contributed by atoms with Gasteiger partial charge in [-0.05, 0) is 56.0 Å². The predicted molar refractivity (Wildman–Crippen MR) is 143 cm³/mol. The number of sulfonamides is 1. The molecule has 2 aliphatic rings. The van der Waals surface area contributed by atoms with Crippen molar-refractivity contribution in [2.24, 2.45) is 0 Å². The molecule has 36 heavy (non-hydrogen) atoms. The summed E-state index contributed by atoms with van der Waals surface area (Å²) in [6.07, 6.45) is 6.32. The lowest BCUT2D eigenvalue weighted by Crippen LogP contribution is -2.52. The highest BCUT2D eigenvalue weighted by Gasteiger charge is 2.35. The number of nitrogens with zero attached hydrogens (tertiary/aromatic N) is 4.